The minimum atomic E-state index is -1.36. The molecule has 130 valence electrons. The Bertz CT molecular complexity index is 609. The number of carboxylic acid groups (broad SMARTS) is 2. The van der Waals surface area contributed by atoms with Gasteiger partial charge in [0.25, 0.3) is 0 Å². The van der Waals surface area contributed by atoms with E-state index in [9.17, 15) is 14.4 Å². The molecule has 8 nitrogen and oxygen atoms in total. The number of anilines is 1. The van der Waals surface area contributed by atoms with Crippen LogP contribution in [-0.4, -0.2) is 65.3 Å². The smallest absolute Gasteiger partial charge is 0.405 e. The van der Waals surface area contributed by atoms with Crippen LogP contribution in [0.3, 0.4) is 0 Å². The van der Waals surface area contributed by atoms with Crippen molar-refractivity contribution in [1.29, 1.82) is 0 Å². The largest absolute Gasteiger partial charge is 0.480 e. The second kappa shape index (κ2) is 7.67. The number of nitrogens with one attached hydrogen (secondary N) is 1. The van der Waals surface area contributed by atoms with Crippen LogP contribution < -0.4 is 10.2 Å². The Morgan fingerprint density at radius 3 is 2.12 bits per heavy atom. The molecule has 0 bridgehead atoms. The van der Waals surface area contributed by atoms with Crippen LogP contribution in [0.25, 0.3) is 0 Å². The topological polar surface area (TPSA) is 110 Å². The maximum atomic E-state index is 11.3. The molecule has 2 rings (SSSR count). The molecule has 24 heavy (non-hydrogen) atoms. The van der Waals surface area contributed by atoms with Crippen LogP contribution >= 0.6 is 0 Å². The number of benzene rings is 1. The highest BCUT2D eigenvalue weighted by Crippen LogP contribution is 2.18. The number of nitrogens with zero attached hydrogens (tertiary/aromatic N) is 2. The molecular formula is C16H21N3O5. The Labute approximate surface area is 139 Å². The first-order valence-corrected chi connectivity index (χ1v) is 7.68. The van der Waals surface area contributed by atoms with Crippen molar-refractivity contribution in [3.8, 4) is 0 Å². The normalized spacial score (nSPS) is 15.7. The summed E-state index contributed by atoms with van der Waals surface area (Å²) in [4.78, 5) is 37.0. The lowest BCUT2D eigenvalue weighted by Crippen LogP contribution is -2.48. The first-order chi connectivity index (χ1) is 11.4. The van der Waals surface area contributed by atoms with Gasteiger partial charge in [0.05, 0.1) is 0 Å². The Hall–Kier alpha value is -2.77. The number of carboxylic acids is 1. The van der Waals surface area contributed by atoms with Gasteiger partial charge in [-0.15, -0.1) is 0 Å². The van der Waals surface area contributed by atoms with E-state index in [1.807, 2.05) is 17.4 Å². The van der Waals surface area contributed by atoms with Gasteiger partial charge in [-0.05, 0) is 17.7 Å². The molecule has 8 heteroatoms. The number of aliphatic carboxylic acids is 1. The zero-order valence-corrected chi connectivity index (χ0v) is 13.4. The molecular weight excluding hydrogens is 314 g/mol. The first-order valence-electron chi connectivity index (χ1n) is 7.68. The summed E-state index contributed by atoms with van der Waals surface area (Å²) in [6.45, 7) is 4.42. The van der Waals surface area contributed by atoms with Crippen LogP contribution in [0.1, 0.15) is 12.5 Å². The van der Waals surface area contributed by atoms with Gasteiger partial charge in [-0.3, -0.25) is 4.79 Å². The molecule has 1 saturated heterocycles. The molecule has 1 heterocycles. The molecule has 0 radical (unpaired) electrons. The number of carbonyl (C=O) groups excluding carboxylic acids is 1. The average molecular weight is 335 g/mol. The number of carbonyl (C=O) groups is 3. The molecule has 0 unspecified atom stereocenters. The van der Waals surface area contributed by atoms with Gasteiger partial charge in [0.2, 0.25) is 5.91 Å². The average Bonchev–Trinajstić information content (AvgIpc) is 2.54. The number of amides is 2. The van der Waals surface area contributed by atoms with E-state index in [2.05, 4.69) is 4.90 Å². The summed E-state index contributed by atoms with van der Waals surface area (Å²) in [6.07, 6.45) is -1.28. The van der Waals surface area contributed by atoms with Gasteiger partial charge in [-0.1, -0.05) is 12.1 Å². The van der Waals surface area contributed by atoms with Crippen molar-refractivity contribution in [2.45, 2.75) is 19.4 Å². The van der Waals surface area contributed by atoms with Crippen molar-refractivity contribution in [2.24, 2.45) is 0 Å². The lowest BCUT2D eigenvalue weighted by molar-refractivity contribution is -0.139. The van der Waals surface area contributed by atoms with Crippen LogP contribution in [0.5, 0.6) is 0 Å². The van der Waals surface area contributed by atoms with Crippen molar-refractivity contribution in [2.75, 3.05) is 31.1 Å². The van der Waals surface area contributed by atoms with Crippen LogP contribution in [0.15, 0.2) is 24.3 Å². The third-order valence-electron chi connectivity index (χ3n) is 4.06. The van der Waals surface area contributed by atoms with E-state index in [0.29, 0.717) is 13.1 Å². The molecule has 1 atom stereocenters. The minimum Gasteiger partial charge on any atom is -0.480 e. The van der Waals surface area contributed by atoms with Crippen LogP contribution in [0, 0.1) is 0 Å². The second-order valence-corrected chi connectivity index (χ2v) is 5.70. The SMILES string of the molecule is CC(=O)N1CCN(c2ccc(C[C@H](NC(=O)O)C(=O)O)cc2)CC1. The summed E-state index contributed by atoms with van der Waals surface area (Å²) >= 11 is 0. The van der Waals surface area contributed by atoms with Crippen molar-refractivity contribution in [3.05, 3.63) is 29.8 Å². The fourth-order valence-corrected chi connectivity index (χ4v) is 2.71. The van der Waals surface area contributed by atoms with Crippen molar-refractivity contribution >= 4 is 23.7 Å². The van der Waals surface area contributed by atoms with Crippen LogP contribution in [0.2, 0.25) is 0 Å². The van der Waals surface area contributed by atoms with Crippen LogP contribution in [0.4, 0.5) is 10.5 Å². The molecule has 1 aromatic carbocycles. The molecule has 3 N–H and O–H groups in total. The third kappa shape index (κ3) is 4.61. The van der Waals surface area contributed by atoms with Crippen molar-refractivity contribution in [1.82, 2.24) is 10.2 Å². The summed E-state index contributed by atoms with van der Waals surface area (Å²) < 4.78 is 0. The predicted octanol–water partition coefficient (Wildman–Crippen LogP) is 0.618. The van der Waals surface area contributed by atoms with Gasteiger partial charge < -0.3 is 25.3 Å². The van der Waals surface area contributed by atoms with E-state index < -0.39 is 18.1 Å². The molecule has 1 fully saturated rings. The predicted molar refractivity (Wildman–Crippen MR) is 87.2 cm³/mol. The monoisotopic (exact) mass is 335 g/mol. The summed E-state index contributed by atoms with van der Waals surface area (Å²) in [7, 11) is 0. The van der Waals surface area contributed by atoms with Gasteiger partial charge in [0.15, 0.2) is 0 Å². The highest BCUT2D eigenvalue weighted by Gasteiger charge is 2.21. The lowest BCUT2D eigenvalue weighted by Gasteiger charge is -2.35. The molecule has 0 saturated carbocycles. The van der Waals surface area contributed by atoms with Crippen LogP contribution in [-0.2, 0) is 16.0 Å². The Kier molecular flexibility index (Phi) is 5.62. The second-order valence-electron chi connectivity index (χ2n) is 5.70. The van der Waals surface area contributed by atoms with Crippen molar-refractivity contribution in [3.63, 3.8) is 0 Å². The van der Waals surface area contributed by atoms with Gasteiger partial charge in [-0.2, -0.15) is 0 Å². The molecule has 0 spiro atoms. The van der Waals surface area contributed by atoms with E-state index in [4.69, 9.17) is 10.2 Å². The van der Waals surface area contributed by atoms with E-state index >= 15 is 0 Å². The quantitative estimate of drug-likeness (QED) is 0.727. The summed E-state index contributed by atoms with van der Waals surface area (Å²) in [6, 6.07) is 6.20. The number of piperazine rings is 1. The fourth-order valence-electron chi connectivity index (χ4n) is 2.71. The molecule has 0 aliphatic carbocycles. The molecule has 1 aromatic rings. The maximum Gasteiger partial charge on any atom is 0.405 e. The Morgan fingerprint density at radius 1 is 1.08 bits per heavy atom. The summed E-state index contributed by atoms with van der Waals surface area (Å²) in [5.41, 5.74) is 1.74. The number of hydrogen-bond donors (Lipinski definition) is 3. The summed E-state index contributed by atoms with van der Waals surface area (Å²) in [5, 5.41) is 19.7. The molecule has 0 aromatic heterocycles. The van der Waals surface area contributed by atoms with E-state index in [1.54, 1.807) is 24.0 Å². The summed E-state index contributed by atoms with van der Waals surface area (Å²) in [5.74, 6) is -1.13. The van der Waals surface area contributed by atoms with E-state index in [-0.39, 0.29) is 12.3 Å². The first kappa shape index (κ1) is 17.6. The Balaban J connectivity index is 1.96. The van der Waals surface area contributed by atoms with Crippen molar-refractivity contribution < 1.29 is 24.6 Å². The minimum absolute atomic E-state index is 0.0793. The van der Waals surface area contributed by atoms with Gasteiger partial charge in [-0.25, -0.2) is 9.59 Å². The van der Waals surface area contributed by atoms with E-state index in [1.165, 1.54) is 0 Å². The number of hydrogen-bond acceptors (Lipinski definition) is 4. The van der Waals surface area contributed by atoms with Gasteiger partial charge in [0.1, 0.15) is 6.04 Å². The number of rotatable bonds is 5. The molecule has 1 aliphatic heterocycles. The molecule has 1 aliphatic rings. The van der Waals surface area contributed by atoms with Gasteiger partial charge >= 0.3 is 12.1 Å². The zero-order chi connectivity index (χ0) is 17.7. The molecule has 2 amide bonds. The standard InChI is InChI=1S/C16H21N3O5/c1-11(20)18-6-8-19(9-7-18)13-4-2-12(3-5-13)10-14(15(21)22)17-16(23)24/h2-5,14,17H,6-10H2,1H3,(H,21,22)(H,23,24)/t14-/m0/s1. The highest BCUT2D eigenvalue weighted by atomic mass is 16.4. The third-order valence-corrected chi connectivity index (χ3v) is 4.06. The highest BCUT2D eigenvalue weighted by molar-refractivity contribution is 5.79. The Morgan fingerprint density at radius 2 is 1.67 bits per heavy atom. The van der Waals surface area contributed by atoms with Gasteiger partial charge in [0, 0.05) is 45.2 Å². The van der Waals surface area contributed by atoms with E-state index in [0.717, 1.165) is 24.3 Å². The fraction of sp³-hybridized carbons (Fsp3) is 0.438. The lowest BCUT2D eigenvalue weighted by atomic mass is 10.1. The maximum absolute atomic E-state index is 11.3. The zero-order valence-electron chi connectivity index (χ0n) is 13.4.